The molecule has 0 aliphatic carbocycles. The molecule has 1 unspecified atom stereocenters. The molecule has 0 aromatic heterocycles. The summed E-state index contributed by atoms with van der Waals surface area (Å²) in [6.45, 7) is 11.6. The summed E-state index contributed by atoms with van der Waals surface area (Å²) in [6, 6.07) is 0.374. The average Bonchev–Trinajstić information content (AvgIpc) is 2.12. The average molecular weight is 279 g/mol. The lowest BCUT2D eigenvalue weighted by Gasteiger charge is -2.26. The molecular weight excluding hydrogens is 250 g/mol. The highest BCUT2D eigenvalue weighted by Crippen LogP contribution is 2.21. The summed E-state index contributed by atoms with van der Waals surface area (Å²) >= 11 is 0. The van der Waals surface area contributed by atoms with Crippen molar-refractivity contribution in [2.24, 2.45) is 0 Å². The van der Waals surface area contributed by atoms with Gasteiger partial charge in [-0.25, -0.2) is 8.42 Å². The van der Waals surface area contributed by atoms with Crippen molar-refractivity contribution in [2.75, 3.05) is 12.3 Å². The van der Waals surface area contributed by atoms with Gasteiger partial charge in [0.25, 0.3) is 0 Å². The fourth-order valence-corrected chi connectivity index (χ4v) is 2.74. The van der Waals surface area contributed by atoms with Crippen LogP contribution >= 0.6 is 0 Å². The van der Waals surface area contributed by atoms with Gasteiger partial charge in [-0.1, -0.05) is 13.8 Å². The second-order valence-electron chi connectivity index (χ2n) is 6.54. The van der Waals surface area contributed by atoms with Gasteiger partial charge in [-0.2, -0.15) is 0 Å². The highest BCUT2D eigenvalue weighted by molar-refractivity contribution is 7.92. The van der Waals surface area contributed by atoms with Crippen molar-refractivity contribution in [1.82, 2.24) is 5.32 Å². The summed E-state index contributed by atoms with van der Waals surface area (Å²) in [5.41, 5.74) is -0.930. The van der Waals surface area contributed by atoms with Crippen LogP contribution in [0.5, 0.6) is 0 Å². The van der Waals surface area contributed by atoms with Crippen LogP contribution in [0.15, 0.2) is 0 Å². The van der Waals surface area contributed by atoms with E-state index < -0.39 is 20.2 Å². The van der Waals surface area contributed by atoms with E-state index in [9.17, 15) is 13.5 Å². The fourth-order valence-electron chi connectivity index (χ4n) is 1.42. The van der Waals surface area contributed by atoms with Gasteiger partial charge in [0.05, 0.1) is 16.1 Å². The summed E-state index contributed by atoms with van der Waals surface area (Å²) in [6.07, 6.45) is 0.844. The van der Waals surface area contributed by atoms with E-state index in [4.69, 9.17) is 0 Å². The van der Waals surface area contributed by atoms with E-state index >= 15 is 0 Å². The lowest BCUT2D eigenvalue weighted by atomic mass is 9.99. The molecule has 0 heterocycles. The van der Waals surface area contributed by atoms with Gasteiger partial charge in [0.15, 0.2) is 9.84 Å². The van der Waals surface area contributed by atoms with Gasteiger partial charge in [-0.15, -0.1) is 0 Å². The Morgan fingerprint density at radius 1 is 1.11 bits per heavy atom. The molecule has 0 saturated heterocycles. The van der Waals surface area contributed by atoms with E-state index in [1.54, 1.807) is 27.7 Å². The van der Waals surface area contributed by atoms with E-state index in [0.29, 0.717) is 19.0 Å². The zero-order valence-corrected chi connectivity index (χ0v) is 13.4. The first kappa shape index (κ1) is 17.9. The Morgan fingerprint density at radius 3 is 2.00 bits per heavy atom. The molecule has 2 N–H and O–H groups in total. The maximum Gasteiger partial charge on any atom is 0.155 e. The molecule has 1 atom stereocenters. The molecule has 18 heavy (non-hydrogen) atoms. The van der Waals surface area contributed by atoms with Crippen LogP contribution in [-0.2, 0) is 9.84 Å². The second kappa shape index (κ2) is 6.35. The van der Waals surface area contributed by atoms with E-state index in [1.807, 2.05) is 13.8 Å². The number of sulfone groups is 1. The third kappa shape index (κ3) is 6.71. The molecule has 0 fully saturated rings. The lowest BCUT2D eigenvalue weighted by molar-refractivity contribution is 0.0475. The van der Waals surface area contributed by atoms with E-state index in [0.717, 1.165) is 0 Å². The molecule has 0 aromatic rings. The van der Waals surface area contributed by atoms with Gasteiger partial charge in [-0.05, 0) is 47.1 Å². The molecule has 4 nitrogen and oxygen atoms in total. The lowest BCUT2D eigenvalue weighted by Crippen LogP contribution is -2.37. The van der Waals surface area contributed by atoms with Crippen molar-refractivity contribution in [3.05, 3.63) is 0 Å². The predicted molar refractivity (Wildman–Crippen MR) is 76.5 cm³/mol. The van der Waals surface area contributed by atoms with Crippen molar-refractivity contribution >= 4 is 9.84 Å². The predicted octanol–water partition coefficient (Wildman–Crippen LogP) is 1.73. The van der Waals surface area contributed by atoms with Crippen LogP contribution in [-0.4, -0.2) is 42.2 Å². The molecule has 110 valence electrons. The van der Waals surface area contributed by atoms with E-state index in [1.165, 1.54) is 0 Å². The third-order valence-corrected chi connectivity index (χ3v) is 5.67. The van der Waals surface area contributed by atoms with Crippen molar-refractivity contribution in [3.63, 3.8) is 0 Å². The van der Waals surface area contributed by atoms with Gasteiger partial charge in [-0.3, -0.25) is 0 Å². The number of hydrogen-bond donors (Lipinski definition) is 2. The second-order valence-corrected chi connectivity index (χ2v) is 9.40. The van der Waals surface area contributed by atoms with Crippen LogP contribution in [0.2, 0.25) is 0 Å². The van der Waals surface area contributed by atoms with E-state index in [2.05, 4.69) is 5.32 Å². The molecule has 0 saturated carbocycles. The summed E-state index contributed by atoms with van der Waals surface area (Å²) < 4.78 is 23.2. The zero-order valence-electron chi connectivity index (χ0n) is 12.6. The molecule has 0 aliphatic heterocycles. The number of hydrogen-bond acceptors (Lipinski definition) is 4. The van der Waals surface area contributed by atoms with Crippen molar-refractivity contribution in [2.45, 2.75) is 70.8 Å². The highest BCUT2D eigenvalue weighted by atomic mass is 32.2. The maximum absolute atomic E-state index is 12.0. The number of aliphatic hydroxyl groups is 1. The molecule has 0 amide bonds. The number of rotatable bonds is 7. The third-order valence-electron chi connectivity index (χ3n) is 3.06. The first-order valence-corrected chi connectivity index (χ1v) is 8.21. The Morgan fingerprint density at radius 2 is 1.61 bits per heavy atom. The van der Waals surface area contributed by atoms with Gasteiger partial charge >= 0.3 is 0 Å². The Labute approximate surface area is 112 Å². The van der Waals surface area contributed by atoms with Crippen LogP contribution in [0.25, 0.3) is 0 Å². The molecule has 0 bridgehead atoms. The molecule has 0 aromatic carbocycles. The molecule has 0 spiro atoms. The van der Waals surface area contributed by atoms with Crippen LogP contribution in [0.4, 0.5) is 0 Å². The standard InChI is InChI=1S/C13H29NO3S/c1-11(2)14-9-7-13(6,15)8-10-18(16,17)12(3,4)5/h11,14-15H,7-10H2,1-6H3. The summed E-state index contributed by atoms with van der Waals surface area (Å²) in [5, 5.41) is 13.4. The van der Waals surface area contributed by atoms with Gasteiger partial charge in [0.2, 0.25) is 0 Å². The smallest absolute Gasteiger partial charge is 0.155 e. The van der Waals surface area contributed by atoms with Gasteiger partial charge < -0.3 is 10.4 Å². The quantitative estimate of drug-likeness (QED) is 0.745. The molecule has 0 radical (unpaired) electrons. The minimum atomic E-state index is -3.15. The van der Waals surface area contributed by atoms with Gasteiger partial charge in [0.1, 0.15) is 0 Å². The fraction of sp³-hybridized carbons (Fsp3) is 1.00. The zero-order chi connectivity index (χ0) is 14.6. The minimum Gasteiger partial charge on any atom is -0.390 e. The Balaban J connectivity index is 4.27. The normalized spacial score (nSPS) is 16.9. The van der Waals surface area contributed by atoms with Crippen LogP contribution < -0.4 is 5.32 Å². The largest absolute Gasteiger partial charge is 0.390 e. The Hall–Kier alpha value is -0.130. The van der Waals surface area contributed by atoms with E-state index in [-0.39, 0.29) is 12.2 Å². The molecule has 0 aliphatic rings. The number of nitrogens with one attached hydrogen (secondary N) is 1. The first-order valence-electron chi connectivity index (χ1n) is 6.55. The minimum absolute atomic E-state index is 0.0329. The van der Waals surface area contributed by atoms with Crippen molar-refractivity contribution < 1.29 is 13.5 Å². The van der Waals surface area contributed by atoms with Gasteiger partial charge in [0, 0.05) is 6.04 Å². The highest BCUT2D eigenvalue weighted by Gasteiger charge is 2.31. The topological polar surface area (TPSA) is 66.4 Å². The van der Waals surface area contributed by atoms with Crippen LogP contribution in [0.3, 0.4) is 0 Å². The summed E-state index contributed by atoms with van der Waals surface area (Å²) in [5.74, 6) is 0.0329. The summed E-state index contributed by atoms with van der Waals surface area (Å²) in [4.78, 5) is 0. The van der Waals surface area contributed by atoms with Crippen LogP contribution in [0, 0.1) is 0 Å². The van der Waals surface area contributed by atoms with Crippen molar-refractivity contribution in [1.29, 1.82) is 0 Å². The Bertz CT molecular complexity index is 340. The molecule has 0 rings (SSSR count). The maximum atomic E-state index is 12.0. The first-order chi connectivity index (χ1) is 7.87. The van der Waals surface area contributed by atoms with Crippen molar-refractivity contribution in [3.8, 4) is 0 Å². The SMILES string of the molecule is CC(C)NCCC(C)(O)CCS(=O)(=O)C(C)(C)C. The molecular formula is C13H29NO3S. The Kier molecular flexibility index (Phi) is 6.30. The van der Waals surface area contributed by atoms with Crippen LogP contribution in [0.1, 0.15) is 54.4 Å². The monoisotopic (exact) mass is 279 g/mol. The summed E-state index contributed by atoms with van der Waals surface area (Å²) in [7, 11) is -3.15. The molecule has 5 heteroatoms.